The molecule has 2 unspecified atom stereocenters. The van der Waals surface area contributed by atoms with Crippen molar-refractivity contribution in [3.63, 3.8) is 0 Å². The molecule has 1 fully saturated rings. The summed E-state index contributed by atoms with van der Waals surface area (Å²) in [7, 11) is 3.40. The van der Waals surface area contributed by atoms with Gasteiger partial charge in [0.25, 0.3) is 0 Å². The van der Waals surface area contributed by atoms with Crippen LogP contribution in [0.2, 0.25) is 0 Å². The molecule has 4 aliphatic rings. The number of aliphatic hydroxyl groups excluding tert-OH is 2. The highest BCUT2D eigenvalue weighted by molar-refractivity contribution is 5.86. The molecule has 4 heterocycles. The summed E-state index contributed by atoms with van der Waals surface area (Å²) < 4.78 is 38.1. The van der Waals surface area contributed by atoms with Gasteiger partial charge in [-0.05, 0) is 68.6 Å². The molecular formula is C35H48N2O10. The smallest absolute Gasteiger partial charge is 0.331 e. The molecule has 5 rings (SSSR count). The number of allylic oxidation sites excluding steroid dienone is 3. The first-order chi connectivity index (χ1) is 22.2. The summed E-state index contributed by atoms with van der Waals surface area (Å²) in [5, 5.41) is 20.8. The zero-order valence-electron chi connectivity index (χ0n) is 28.2. The minimum absolute atomic E-state index is 0.0137. The summed E-state index contributed by atoms with van der Waals surface area (Å²) in [6.45, 7) is 9.36. The van der Waals surface area contributed by atoms with Crippen LogP contribution in [-0.4, -0.2) is 94.1 Å². The van der Waals surface area contributed by atoms with Crippen LogP contribution in [0.15, 0.2) is 54.1 Å². The van der Waals surface area contributed by atoms with Gasteiger partial charge in [0.2, 0.25) is 5.79 Å². The van der Waals surface area contributed by atoms with Gasteiger partial charge in [0.05, 0.1) is 25.2 Å². The van der Waals surface area contributed by atoms with Crippen molar-refractivity contribution in [2.75, 3.05) is 20.3 Å². The van der Waals surface area contributed by atoms with Gasteiger partial charge >= 0.3 is 11.9 Å². The number of fused-ring (bicyclic) bond motifs is 3. The molecule has 12 nitrogen and oxygen atoms in total. The van der Waals surface area contributed by atoms with E-state index in [1.165, 1.54) is 18.6 Å². The summed E-state index contributed by atoms with van der Waals surface area (Å²) in [6.07, 6.45) is 10.3. The summed E-state index contributed by atoms with van der Waals surface area (Å²) in [5.41, 5.74) is 1.43. The number of hydrogen-bond acceptors (Lipinski definition) is 11. The third kappa shape index (κ3) is 7.48. The number of imidazole rings is 1. The Hall–Kier alpha value is -3.13. The van der Waals surface area contributed by atoms with Crippen LogP contribution in [0.1, 0.15) is 53.2 Å². The summed E-state index contributed by atoms with van der Waals surface area (Å²) >= 11 is 0. The highest BCUT2D eigenvalue weighted by atomic mass is 16.7. The molecule has 258 valence electrons. The average Bonchev–Trinajstić information content (AvgIpc) is 3.61. The van der Waals surface area contributed by atoms with Crippen LogP contribution >= 0.6 is 0 Å². The number of esters is 2. The van der Waals surface area contributed by atoms with Crippen molar-refractivity contribution < 1.29 is 48.2 Å². The zero-order valence-corrected chi connectivity index (χ0v) is 28.2. The molecule has 0 amide bonds. The van der Waals surface area contributed by atoms with E-state index in [-0.39, 0.29) is 31.0 Å². The highest BCUT2D eigenvalue weighted by Gasteiger charge is 2.54. The molecule has 2 N–H and O–H groups in total. The third-order valence-electron chi connectivity index (χ3n) is 9.88. The summed E-state index contributed by atoms with van der Waals surface area (Å²) in [5.74, 6) is -1.90. The number of nitrogens with zero attached hydrogens (tertiary/aromatic N) is 2. The third-order valence-corrected chi connectivity index (χ3v) is 9.88. The van der Waals surface area contributed by atoms with Crippen LogP contribution in [-0.2, 0) is 45.1 Å². The van der Waals surface area contributed by atoms with Crippen LogP contribution < -0.4 is 0 Å². The number of carbonyl (C=O) groups is 2. The van der Waals surface area contributed by atoms with Gasteiger partial charge < -0.3 is 43.2 Å². The topological polar surface area (TPSA) is 148 Å². The van der Waals surface area contributed by atoms with E-state index < -0.39 is 54.0 Å². The number of rotatable bonds is 9. The van der Waals surface area contributed by atoms with Gasteiger partial charge in [0, 0.05) is 38.9 Å². The Morgan fingerprint density at radius 2 is 2.00 bits per heavy atom. The number of hydrogen-bond donors (Lipinski definition) is 2. The average molecular weight is 657 g/mol. The van der Waals surface area contributed by atoms with Gasteiger partial charge in [-0.1, -0.05) is 31.6 Å². The van der Waals surface area contributed by atoms with E-state index in [0.29, 0.717) is 23.6 Å². The van der Waals surface area contributed by atoms with Gasteiger partial charge in [0.1, 0.15) is 23.9 Å². The molecule has 47 heavy (non-hydrogen) atoms. The van der Waals surface area contributed by atoms with E-state index in [1.807, 2.05) is 26.1 Å². The first-order valence-corrected chi connectivity index (χ1v) is 16.2. The zero-order chi connectivity index (χ0) is 34.1. The first-order valence-electron chi connectivity index (χ1n) is 16.2. The van der Waals surface area contributed by atoms with Gasteiger partial charge in [-0.2, -0.15) is 0 Å². The van der Waals surface area contributed by atoms with E-state index in [4.69, 9.17) is 28.4 Å². The van der Waals surface area contributed by atoms with Crippen molar-refractivity contribution in [3.8, 4) is 0 Å². The fourth-order valence-electron chi connectivity index (χ4n) is 7.17. The summed E-state index contributed by atoms with van der Waals surface area (Å²) in [4.78, 5) is 29.4. The largest absolute Gasteiger partial charge is 0.456 e. The quantitative estimate of drug-likeness (QED) is 0.229. The van der Waals surface area contributed by atoms with Crippen LogP contribution in [0.25, 0.3) is 6.08 Å². The van der Waals surface area contributed by atoms with Crippen molar-refractivity contribution in [1.82, 2.24) is 9.55 Å². The number of aryl methyl sites for hydroxylation is 1. The molecule has 1 aromatic rings. The minimum Gasteiger partial charge on any atom is -0.456 e. The first kappa shape index (κ1) is 35.2. The molecule has 1 aromatic heterocycles. The van der Waals surface area contributed by atoms with Gasteiger partial charge in [-0.15, -0.1) is 0 Å². The van der Waals surface area contributed by atoms with Crippen LogP contribution in [0, 0.1) is 23.7 Å². The molecular weight excluding hydrogens is 608 g/mol. The predicted octanol–water partition coefficient (Wildman–Crippen LogP) is 3.24. The van der Waals surface area contributed by atoms with Gasteiger partial charge in [0.15, 0.2) is 12.4 Å². The molecule has 1 aliphatic carbocycles. The molecule has 0 spiro atoms. The molecule has 0 aromatic carbocycles. The maximum absolute atomic E-state index is 13.3. The van der Waals surface area contributed by atoms with E-state index in [1.54, 1.807) is 30.3 Å². The lowest BCUT2D eigenvalue weighted by atomic mass is 9.65. The van der Waals surface area contributed by atoms with E-state index >= 15 is 0 Å². The number of carbonyl (C=O) groups excluding carboxylic acids is 2. The second-order valence-electron chi connectivity index (χ2n) is 13.6. The Kier molecular flexibility index (Phi) is 10.6. The molecule has 2 bridgehead atoms. The van der Waals surface area contributed by atoms with Crippen LogP contribution in [0.4, 0.5) is 0 Å². The maximum atomic E-state index is 13.3. The molecule has 12 heteroatoms. The normalized spacial score (nSPS) is 38.2. The van der Waals surface area contributed by atoms with Crippen molar-refractivity contribution in [3.05, 3.63) is 59.7 Å². The number of ether oxygens (including phenoxy) is 6. The Bertz CT molecular complexity index is 1430. The fraction of sp³-hybridized carbons (Fsp3) is 0.629. The van der Waals surface area contributed by atoms with Crippen molar-refractivity contribution in [2.24, 2.45) is 30.7 Å². The lowest BCUT2D eigenvalue weighted by Crippen LogP contribution is -2.55. The van der Waals surface area contributed by atoms with Crippen LogP contribution in [0.3, 0.4) is 0 Å². The Labute approximate surface area is 276 Å². The van der Waals surface area contributed by atoms with Gasteiger partial charge in [-0.3, -0.25) is 4.79 Å². The monoisotopic (exact) mass is 656 g/mol. The van der Waals surface area contributed by atoms with Crippen molar-refractivity contribution in [2.45, 2.75) is 89.6 Å². The van der Waals surface area contributed by atoms with E-state index in [9.17, 15) is 19.8 Å². The second kappa shape index (κ2) is 14.2. The molecule has 0 radical (unpaired) electrons. The Morgan fingerprint density at radius 3 is 2.66 bits per heavy atom. The minimum atomic E-state index is -1.39. The van der Waals surface area contributed by atoms with E-state index in [0.717, 1.165) is 6.42 Å². The lowest BCUT2D eigenvalue weighted by Gasteiger charge is -2.41. The summed E-state index contributed by atoms with van der Waals surface area (Å²) in [6, 6.07) is 0. The van der Waals surface area contributed by atoms with Gasteiger partial charge in [-0.25, -0.2) is 9.78 Å². The Morgan fingerprint density at radius 1 is 1.23 bits per heavy atom. The number of aromatic nitrogens is 2. The molecule has 3 aliphatic heterocycles. The lowest BCUT2D eigenvalue weighted by molar-refractivity contribution is -0.277. The van der Waals surface area contributed by atoms with Crippen molar-refractivity contribution >= 4 is 18.0 Å². The maximum Gasteiger partial charge on any atom is 0.331 e. The van der Waals surface area contributed by atoms with Crippen molar-refractivity contribution in [1.29, 1.82) is 0 Å². The number of methoxy groups -OCH3 is 1. The highest BCUT2D eigenvalue weighted by Crippen LogP contribution is 2.49. The molecule has 10 atom stereocenters. The van der Waals surface area contributed by atoms with Crippen LogP contribution in [0.5, 0.6) is 0 Å². The second-order valence-corrected chi connectivity index (χ2v) is 13.6. The Balaban J connectivity index is 1.49. The standard InChI is InChI=1S/C35H48N2O10/c1-20(2)25-10-8-21(3)26-15-29(46-30(40)11-9-24-16-37(6)19-36-24)34(5)12-13-35(42-7,47-34)23(14-27(25)26)17-43-33-32(45-22(4)38)31(41)28(39)18-44-33/h8-9,11-14,16,19-20,25-29,31-33,39,41H,10,15,17-18H2,1-7H3/b11-9+,23-14-/t25-,26+,27-,28-,29?,31-,32+,33?,34+,35-/m1/s1. The predicted molar refractivity (Wildman–Crippen MR) is 170 cm³/mol. The van der Waals surface area contributed by atoms with E-state index in [2.05, 4.69) is 37.9 Å². The fourth-order valence-corrected chi connectivity index (χ4v) is 7.17. The molecule has 1 saturated heterocycles. The SMILES string of the molecule is CO[C@]12C=C[C@](C)(O1)C(OC(=O)/C=C/c1cn(C)cn1)C[C@H]1C(C)=CC[C@H](C(C)C)[C@H]1/C=C\2COC1OC[C@@H](O)[C@@H](O)[C@@H]1OC(C)=O. The molecule has 0 saturated carbocycles. The number of aliphatic hydroxyl groups is 2.